The Morgan fingerprint density at radius 3 is 2.66 bits per heavy atom. The Morgan fingerprint density at radius 1 is 1.13 bits per heavy atom. The number of ether oxygens (including phenoxy) is 1. The molecule has 5 rings (SSSR count). The van der Waals surface area contributed by atoms with Crippen molar-refractivity contribution in [2.24, 2.45) is 11.7 Å². The largest absolute Gasteiger partial charge is 0.378 e. The Bertz CT molecular complexity index is 1300. The van der Waals surface area contributed by atoms with Crippen molar-refractivity contribution in [3.63, 3.8) is 0 Å². The van der Waals surface area contributed by atoms with Gasteiger partial charge in [-0.05, 0) is 72.3 Å². The van der Waals surface area contributed by atoms with Crippen molar-refractivity contribution in [3.8, 4) is 11.3 Å². The highest BCUT2D eigenvalue weighted by atomic mass is 31.0. The molecule has 1 aliphatic heterocycles. The predicted octanol–water partition coefficient (Wildman–Crippen LogP) is 4.24. The molecule has 2 aliphatic rings. The van der Waals surface area contributed by atoms with Crippen molar-refractivity contribution in [2.45, 2.75) is 38.1 Å². The normalized spacial score (nSPS) is 21.8. The number of benzene rings is 1. The van der Waals surface area contributed by atoms with E-state index in [4.69, 9.17) is 10.5 Å². The maximum absolute atomic E-state index is 15.3. The highest BCUT2D eigenvalue weighted by molar-refractivity contribution is 7.28. The molecule has 4 atom stereocenters. The fraction of sp³-hybridized carbons (Fsp3) is 0.393. The van der Waals surface area contributed by atoms with Crippen LogP contribution in [-0.4, -0.2) is 48.2 Å². The number of pyridine rings is 2. The third kappa shape index (κ3) is 5.70. The van der Waals surface area contributed by atoms with Crippen LogP contribution in [0.4, 0.5) is 20.2 Å². The average Bonchev–Trinajstić information content (AvgIpc) is 2.89. The van der Waals surface area contributed by atoms with Crippen molar-refractivity contribution < 1.29 is 18.3 Å². The van der Waals surface area contributed by atoms with Gasteiger partial charge in [-0.25, -0.2) is 13.8 Å². The molecule has 200 valence electrons. The number of anilines is 2. The summed E-state index contributed by atoms with van der Waals surface area (Å²) in [6, 6.07) is 7.60. The number of carbonyl (C=O) groups excluding carboxylic acids is 1. The molecule has 1 unspecified atom stereocenters. The lowest BCUT2D eigenvalue weighted by Gasteiger charge is -2.32. The SMILES string of the molecule is C[C@@H]1C[C@H](N)C[C@H](c2ccncc2NC(=O)c2ccc(F)c(-c3c(F)cc(N4CCOCC4)cc3P)n2)C1. The van der Waals surface area contributed by atoms with Gasteiger partial charge in [0.2, 0.25) is 0 Å². The van der Waals surface area contributed by atoms with Gasteiger partial charge in [0.1, 0.15) is 23.0 Å². The van der Waals surface area contributed by atoms with Gasteiger partial charge in [-0.3, -0.25) is 9.78 Å². The minimum atomic E-state index is -0.712. The number of rotatable bonds is 5. The van der Waals surface area contributed by atoms with Crippen molar-refractivity contribution in [2.75, 3.05) is 36.5 Å². The number of morpholine rings is 1. The first-order valence-corrected chi connectivity index (χ1v) is 13.5. The Hall–Kier alpha value is -3.00. The second kappa shape index (κ2) is 11.4. The van der Waals surface area contributed by atoms with Gasteiger partial charge in [0.15, 0.2) is 0 Å². The maximum Gasteiger partial charge on any atom is 0.274 e. The molecule has 0 spiro atoms. The topological polar surface area (TPSA) is 93.4 Å². The number of nitrogens with two attached hydrogens (primary N) is 1. The molecule has 2 fully saturated rings. The van der Waals surface area contributed by atoms with Crippen molar-refractivity contribution >= 4 is 31.8 Å². The Balaban J connectivity index is 1.42. The van der Waals surface area contributed by atoms with E-state index in [0.717, 1.165) is 30.9 Å². The number of hydrogen-bond donors (Lipinski definition) is 2. The molecule has 7 nitrogen and oxygen atoms in total. The molecule has 1 aromatic carbocycles. The van der Waals surface area contributed by atoms with Crippen LogP contribution in [0.5, 0.6) is 0 Å². The minimum Gasteiger partial charge on any atom is -0.378 e. The lowest BCUT2D eigenvalue weighted by molar-refractivity contribution is 0.102. The van der Waals surface area contributed by atoms with E-state index in [1.807, 2.05) is 11.0 Å². The summed E-state index contributed by atoms with van der Waals surface area (Å²) in [5.74, 6) is -1.17. The molecule has 1 saturated heterocycles. The first-order chi connectivity index (χ1) is 18.3. The molecule has 3 N–H and O–H groups in total. The summed E-state index contributed by atoms with van der Waals surface area (Å²) in [7, 11) is 2.46. The smallest absolute Gasteiger partial charge is 0.274 e. The average molecular weight is 540 g/mol. The fourth-order valence-electron chi connectivity index (χ4n) is 5.57. The Kier molecular flexibility index (Phi) is 7.98. The van der Waals surface area contributed by atoms with Gasteiger partial charge in [0.25, 0.3) is 5.91 Å². The van der Waals surface area contributed by atoms with E-state index < -0.39 is 17.5 Å². The molecule has 3 aromatic rings. The predicted molar refractivity (Wildman–Crippen MR) is 148 cm³/mol. The monoisotopic (exact) mass is 539 g/mol. The molecule has 10 heteroatoms. The van der Waals surface area contributed by atoms with E-state index in [-0.39, 0.29) is 28.9 Å². The summed E-state index contributed by atoms with van der Waals surface area (Å²) in [6.45, 7) is 4.60. The van der Waals surface area contributed by atoms with Crippen LogP contribution in [0.2, 0.25) is 0 Å². The summed E-state index contributed by atoms with van der Waals surface area (Å²) < 4.78 is 35.6. The molecular weight excluding hydrogens is 507 g/mol. The second-order valence-electron chi connectivity index (χ2n) is 10.2. The highest BCUT2D eigenvalue weighted by Crippen LogP contribution is 2.38. The van der Waals surface area contributed by atoms with Gasteiger partial charge < -0.3 is 20.7 Å². The highest BCUT2D eigenvalue weighted by Gasteiger charge is 2.28. The molecule has 0 radical (unpaired) electrons. The first kappa shape index (κ1) is 26.6. The summed E-state index contributed by atoms with van der Waals surface area (Å²) >= 11 is 0. The standard InChI is InChI=1S/C28H32F2N5O2P/c1-16-10-17(12-18(31)11-16)20-4-5-32-15-24(20)34-28(36)23-3-2-21(29)27(33-23)26-22(30)13-19(14-25(26)38)35-6-8-37-9-7-35/h2-5,13-18H,6-12,31,38H2,1H3,(H,34,36)/t16-,17+,18-/m0/s1. The Labute approximate surface area is 223 Å². The van der Waals surface area contributed by atoms with Gasteiger partial charge in [-0.2, -0.15) is 0 Å². The van der Waals surface area contributed by atoms with Gasteiger partial charge in [-0.1, -0.05) is 6.92 Å². The van der Waals surface area contributed by atoms with Crippen LogP contribution in [0.3, 0.4) is 0 Å². The summed E-state index contributed by atoms with van der Waals surface area (Å²) in [4.78, 5) is 23.7. The van der Waals surface area contributed by atoms with E-state index in [2.05, 4.69) is 31.4 Å². The number of nitrogens with zero attached hydrogens (tertiary/aromatic N) is 3. The van der Waals surface area contributed by atoms with Crippen molar-refractivity contribution in [1.29, 1.82) is 0 Å². The van der Waals surface area contributed by atoms with E-state index in [9.17, 15) is 9.18 Å². The molecule has 2 aromatic heterocycles. The lowest BCUT2D eigenvalue weighted by atomic mass is 9.76. The van der Waals surface area contributed by atoms with Gasteiger partial charge >= 0.3 is 0 Å². The lowest BCUT2D eigenvalue weighted by Crippen LogP contribution is -2.36. The fourth-order valence-corrected chi connectivity index (χ4v) is 6.02. The van der Waals surface area contributed by atoms with Gasteiger partial charge in [0.05, 0.1) is 25.1 Å². The molecule has 1 saturated carbocycles. The van der Waals surface area contributed by atoms with E-state index in [1.165, 1.54) is 12.1 Å². The molecule has 1 aliphatic carbocycles. The summed E-state index contributed by atoms with van der Waals surface area (Å²) in [5, 5.41) is 3.34. The van der Waals surface area contributed by atoms with Crippen molar-refractivity contribution in [3.05, 3.63) is 65.6 Å². The molecule has 1 amide bonds. The van der Waals surface area contributed by atoms with Crippen LogP contribution in [0, 0.1) is 17.6 Å². The summed E-state index contributed by atoms with van der Waals surface area (Å²) in [5.41, 5.74) is 8.27. The minimum absolute atomic E-state index is 0.00593. The first-order valence-electron chi connectivity index (χ1n) is 12.9. The number of halogens is 2. The maximum atomic E-state index is 15.3. The molecule has 3 heterocycles. The zero-order valence-electron chi connectivity index (χ0n) is 21.3. The van der Waals surface area contributed by atoms with E-state index >= 15 is 4.39 Å². The van der Waals surface area contributed by atoms with Crippen molar-refractivity contribution in [1.82, 2.24) is 9.97 Å². The zero-order valence-corrected chi connectivity index (χ0v) is 22.4. The number of amides is 1. The van der Waals surface area contributed by atoms with Crippen LogP contribution < -0.4 is 21.3 Å². The summed E-state index contributed by atoms with van der Waals surface area (Å²) in [6.07, 6.45) is 6.08. The van der Waals surface area contributed by atoms with E-state index in [1.54, 1.807) is 18.5 Å². The van der Waals surface area contributed by atoms with Crippen LogP contribution in [-0.2, 0) is 4.74 Å². The number of nitrogens with one attached hydrogen (secondary N) is 1. The Morgan fingerprint density at radius 2 is 1.92 bits per heavy atom. The number of carbonyl (C=O) groups is 1. The van der Waals surface area contributed by atoms with Crippen LogP contribution >= 0.6 is 9.24 Å². The quantitative estimate of drug-likeness (QED) is 0.471. The molecule has 38 heavy (non-hydrogen) atoms. The van der Waals surface area contributed by atoms with Crippen LogP contribution in [0.25, 0.3) is 11.3 Å². The van der Waals surface area contributed by atoms with Gasteiger partial charge in [0, 0.05) is 36.6 Å². The molecule has 0 bridgehead atoms. The van der Waals surface area contributed by atoms with Crippen LogP contribution in [0.1, 0.15) is 48.2 Å². The third-order valence-electron chi connectivity index (χ3n) is 7.32. The second-order valence-corrected chi connectivity index (χ2v) is 10.8. The molecular formula is C28H32F2N5O2P. The van der Waals surface area contributed by atoms with Gasteiger partial charge in [-0.15, -0.1) is 9.24 Å². The number of hydrogen-bond acceptors (Lipinski definition) is 6. The van der Waals surface area contributed by atoms with E-state index in [0.29, 0.717) is 48.9 Å². The zero-order chi connectivity index (χ0) is 26.8. The van der Waals surface area contributed by atoms with Crippen LogP contribution in [0.15, 0.2) is 42.7 Å². The third-order valence-corrected chi connectivity index (χ3v) is 7.77. The number of aromatic nitrogens is 2.